The Kier molecular flexibility index (Phi) is 1.78. The maximum Gasteiger partial charge on any atom is 0.134 e. The average Bonchev–Trinajstić information content (AvgIpc) is 2.63. The summed E-state index contributed by atoms with van der Waals surface area (Å²) < 4.78 is 5.28. The third-order valence-electron chi connectivity index (χ3n) is 2.13. The van der Waals surface area contributed by atoms with Crippen LogP contribution >= 0.6 is 0 Å². The first kappa shape index (κ1) is 7.87. The van der Waals surface area contributed by atoms with E-state index in [2.05, 4.69) is 13.2 Å². The van der Waals surface area contributed by atoms with Gasteiger partial charge in [-0.2, -0.15) is 0 Å². The first-order valence-corrected chi connectivity index (χ1v) is 4.12. The van der Waals surface area contributed by atoms with Crippen molar-refractivity contribution >= 4 is 23.1 Å². The molecule has 0 bridgehead atoms. The standard InChI is InChI=1S/C12H10O/c1-3-9-5-6-12-11(7-8-13-12)10(9)4-2/h3-8H,1-2H2. The van der Waals surface area contributed by atoms with Crippen LogP contribution in [0.5, 0.6) is 0 Å². The van der Waals surface area contributed by atoms with Crippen LogP contribution in [0.4, 0.5) is 0 Å². The molecule has 0 aliphatic rings. The fourth-order valence-electron chi connectivity index (χ4n) is 1.49. The summed E-state index contributed by atoms with van der Waals surface area (Å²) in [6, 6.07) is 5.87. The molecule has 1 aromatic carbocycles. The van der Waals surface area contributed by atoms with Crippen molar-refractivity contribution in [3.05, 3.63) is 48.7 Å². The molecular weight excluding hydrogens is 160 g/mol. The van der Waals surface area contributed by atoms with Crippen LogP contribution in [0.15, 0.2) is 42.0 Å². The summed E-state index contributed by atoms with van der Waals surface area (Å²) >= 11 is 0. The fraction of sp³-hybridized carbons (Fsp3) is 0. The van der Waals surface area contributed by atoms with Crippen LogP contribution in [0.3, 0.4) is 0 Å². The van der Waals surface area contributed by atoms with Gasteiger partial charge in [0.1, 0.15) is 5.58 Å². The summed E-state index contributed by atoms with van der Waals surface area (Å²) in [6.07, 6.45) is 5.34. The number of fused-ring (bicyclic) bond motifs is 1. The zero-order valence-electron chi connectivity index (χ0n) is 7.29. The third kappa shape index (κ3) is 1.09. The van der Waals surface area contributed by atoms with Crippen LogP contribution in [0.1, 0.15) is 11.1 Å². The summed E-state index contributed by atoms with van der Waals surface area (Å²) in [4.78, 5) is 0. The minimum atomic E-state index is 0.889. The van der Waals surface area contributed by atoms with Crippen molar-refractivity contribution in [3.8, 4) is 0 Å². The van der Waals surface area contributed by atoms with E-state index >= 15 is 0 Å². The SMILES string of the molecule is C=Cc1ccc2occc2c1C=C. The van der Waals surface area contributed by atoms with E-state index in [9.17, 15) is 0 Å². The molecule has 0 amide bonds. The van der Waals surface area contributed by atoms with Gasteiger partial charge in [-0.1, -0.05) is 31.4 Å². The molecule has 0 atom stereocenters. The predicted molar refractivity (Wildman–Crippen MR) is 56.4 cm³/mol. The maximum atomic E-state index is 5.28. The van der Waals surface area contributed by atoms with Crippen LogP contribution in [-0.2, 0) is 0 Å². The van der Waals surface area contributed by atoms with E-state index in [-0.39, 0.29) is 0 Å². The van der Waals surface area contributed by atoms with E-state index in [1.807, 2.05) is 30.4 Å². The molecule has 0 saturated heterocycles. The Morgan fingerprint density at radius 2 is 1.92 bits per heavy atom. The summed E-state index contributed by atoms with van der Waals surface area (Å²) in [5.41, 5.74) is 3.06. The van der Waals surface area contributed by atoms with Crippen LogP contribution < -0.4 is 0 Å². The van der Waals surface area contributed by atoms with Crippen LogP contribution in [0.25, 0.3) is 23.1 Å². The van der Waals surface area contributed by atoms with Gasteiger partial charge in [-0.15, -0.1) is 0 Å². The largest absolute Gasteiger partial charge is 0.464 e. The Balaban J connectivity index is 2.89. The molecule has 0 unspecified atom stereocenters. The smallest absolute Gasteiger partial charge is 0.134 e. The van der Waals surface area contributed by atoms with E-state index in [0.717, 1.165) is 22.1 Å². The summed E-state index contributed by atoms with van der Waals surface area (Å²) in [5.74, 6) is 0. The number of hydrogen-bond donors (Lipinski definition) is 0. The van der Waals surface area contributed by atoms with Gasteiger partial charge in [-0.3, -0.25) is 0 Å². The molecule has 0 aliphatic heterocycles. The Hall–Kier alpha value is -1.76. The molecule has 0 radical (unpaired) electrons. The van der Waals surface area contributed by atoms with Gasteiger partial charge in [-0.25, -0.2) is 0 Å². The van der Waals surface area contributed by atoms with Gasteiger partial charge in [0.2, 0.25) is 0 Å². The molecule has 64 valence electrons. The maximum absolute atomic E-state index is 5.28. The van der Waals surface area contributed by atoms with Crippen molar-refractivity contribution in [2.24, 2.45) is 0 Å². The lowest BCUT2D eigenvalue weighted by Gasteiger charge is -2.00. The van der Waals surface area contributed by atoms with Gasteiger partial charge >= 0.3 is 0 Å². The predicted octanol–water partition coefficient (Wildman–Crippen LogP) is 3.72. The minimum Gasteiger partial charge on any atom is -0.464 e. The van der Waals surface area contributed by atoms with E-state index in [1.165, 1.54) is 0 Å². The Labute approximate surface area is 77.0 Å². The summed E-state index contributed by atoms with van der Waals surface area (Å²) in [7, 11) is 0. The molecule has 13 heavy (non-hydrogen) atoms. The molecule has 0 fully saturated rings. The molecule has 0 aliphatic carbocycles. The van der Waals surface area contributed by atoms with E-state index in [0.29, 0.717) is 0 Å². The normalized spacial score (nSPS) is 10.2. The highest BCUT2D eigenvalue weighted by Gasteiger charge is 2.03. The van der Waals surface area contributed by atoms with Gasteiger partial charge in [0.25, 0.3) is 0 Å². The molecule has 1 nitrogen and oxygen atoms in total. The molecule has 1 heterocycles. The lowest BCUT2D eigenvalue weighted by Crippen LogP contribution is -1.79. The topological polar surface area (TPSA) is 13.1 Å². The zero-order valence-corrected chi connectivity index (χ0v) is 7.29. The van der Waals surface area contributed by atoms with Crippen molar-refractivity contribution in [3.63, 3.8) is 0 Å². The minimum absolute atomic E-state index is 0.889. The third-order valence-corrected chi connectivity index (χ3v) is 2.13. The van der Waals surface area contributed by atoms with Crippen molar-refractivity contribution in [1.29, 1.82) is 0 Å². The molecule has 0 N–H and O–H groups in total. The van der Waals surface area contributed by atoms with E-state index in [4.69, 9.17) is 4.42 Å². The lowest BCUT2D eigenvalue weighted by atomic mass is 10.0. The summed E-state index contributed by atoms with van der Waals surface area (Å²) in [6.45, 7) is 7.53. The highest BCUT2D eigenvalue weighted by atomic mass is 16.3. The fourth-order valence-corrected chi connectivity index (χ4v) is 1.49. The molecule has 1 aromatic heterocycles. The molecular formula is C12H10O. The van der Waals surface area contributed by atoms with Crippen molar-refractivity contribution in [2.75, 3.05) is 0 Å². The first-order valence-electron chi connectivity index (χ1n) is 4.12. The highest BCUT2D eigenvalue weighted by Crippen LogP contribution is 2.24. The van der Waals surface area contributed by atoms with Gasteiger partial charge in [0.15, 0.2) is 0 Å². The van der Waals surface area contributed by atoms with Crippen molar-refractivity contribution < 1.29 is 4.42 Å². The van der Waals surface area contributed by atoms with Crippen molar-refractivity contribution in [1.82, 2.24) is 0 Å². The van der Waals surface area contributed by atoms with Gasteiger partial charge < -0.3 is 4.42 Å². The number of hydrogen-bond acceptors (Lipinski definition) is 1. The number of benzene rings is 1. The Morgan fingerprint density at radius 1 is 1.08 bits per heavy atom. The molecule has 0 saturated carbocycles. The Morgan fingerprint density at radius 3 is 2.62 bits per heavy atom. The van der Waals surface area contributed by atoms with Gasteiger partial charge in [-0.05, 0) is 23.3 Å². The highest BCUT2D eigenvalue weighted by molar-refractivity contribution is 5.90. The quantitative estimate of drug-likeness (QED) is 0.669. The summed E-state index contributed by atoms with van der Waals surface area (Å²) in [5, 5.41) is 1.09. The van der Waals surface area contributed by atoms with Gasteiger partial charge in [0, 0.05) is 5.39 Å². The monoisotopic (exact) mass is 170 g/mol. The second-order valence-corrected chi connectivity index (χ2v) is 2.81. The second kappa shape index (κ2) is 2.94. The molecule has 1 heteroatoms. The van der Waals surface area contributed by atoms with Crippen molar-refractivity contribution in [2.45, 2.75) is 0 Å². The van der Waals surface area contributed by atoms with Crippen LogP contribution in [-0.4, -0.2) is 0 Å². The molecule has 0 spiro atoms. The lowest BCUT2D eigenvalue weighted by molar-refractivity contribution is 0.616. The Bertz CT molecular complexity index is 463. The zero-order chi connectivity index (χ0) is 9.26. The van der Waals surface area contributed by atoms with Crippen LogP contribution in [0.2, 0.25) is 0 Å². The van der Waals surface area contributed by atoms with Crippen LogP contribution in [0, 0.1) is 0 Å². The van der Waals surface area contributed by atoms with E-state index in [1.54, 1.807) is 6.26 Å². The first-order chi connectivity index (χ1) is 6.36. The van der Waals surface area contributed by atoms with Gasteiger partial charge in [0.05, 0.1) is 6.26 Å². The molecule has 2 aromatic rings. The second-order valence-electron chi connectivity index (χ2n) is 2.81. The van der Waals surface area contributed by atoms with E-state index < -0.39 is 0 Å². The number of rotatable bonds is 2. The average molecular weight is 170 g/mol. The number of furan rings is 1. The molecule has 2 rings (SSSR count).